The second-order valence-electron chi connectivity index (χ2n) is 6.96. The van der Waals surface area contributed by atoms with E-state index in [9.17, 15) is 4.79 Å². The SMILES string of the molecule is C[C@H](c1cccnc1)N(C)C(=O)c1ccc(-c2cn(-c3ccccc3)cn2)cc1. The van der Waals surface area contributed by atoms with Crippen LogP contribution in [0.25, 0.3) is 16.9 Å². The Balaban J connectivity index is 1.51. The highest BCUT2D eigenvalue weighted by Gasteiger charge is 2.19. The standard InChI is InChI=1S/C24H22N4O/c1-18(21-7-6-14-25-15-21)27(2)24(29)20-12-10-19(11-13-20)23-16-28(17-26-23)22-8-4-3-5-9-22/h3-18H,1-2H3/t18-/m1/s1. The van der Waals surface area contributed by atoms with Gasteiger partial charge in [0.25, 0.3) is 5.91 Å². The minimum Gasteiger partial charge on any atom is -0.335 e. The number of carbonyl (C=O) groups is 1. The van der Waals surface area contributed by atoms with Crippen molar-refractivity contribution < 1.29 is 4.79 Å². The number of aromatic nitrogens is 3. The summed E-state index contributed by atoms with van der Waals surface area (Å²) in [7, 11) is 1.81. The number of carbonyl (C=O) groups excluding carboxylic acids is 1. The average Bonchev–Trinajstić information content (AvgIpc) is 3.29. The fraction of sp³-hybridized carbons (Fsp3) is 0.125. The van der Waals surface area contributed by atoms with E-state index in [1.165, 1.54) is 0 Å². The van der Waals surface area contributed by atoms with E-state index in [2.05, 4.69) is 9.97 Å². The topological polar surface area (TPSA) is 51.0 Å². The molecule has 0 N–H and O–H groups in total. The highest BCUT2D eigenvalue weighted by Crippen LogP contribution is 2.23. The van der Waals surface area contributed by atoms with Crippen molar-refractivity contribution in [3.63, 3.8) is 0 Å². The normalized spacial score (nSPS) is 11.8. The first-order chi connectivity index (χ1) is 14.1. The van der Waals surface area contributed by atoms with Gasteiger partial charge in [0, 0.05) is 42.5 Å². The predicted octanol–water partition coefficient (Wildman–Crippen LogP) is 4.77. The maximum Gasteiger partial charge on any atom is 0.254 e. The van der Waals surface area contributed by atoms with Crippen LogP contribution in [-0.4, -0.2) is 32.4 Å². The Hall–Kier alpha value is -3.73. The summed E-state index contributed by atoms with van der Waals surface area (Å²) in [6.45, 7) is 2.00. The molecule has 29 heavy (non-hydrogen) atoms. The number of hydrogen-bond donors (Lipinski definition) is 0. The maximum atomic E-state index is 12.9. The summed E-state index contributed by atoms with van der Waals surface area (Å²) in [5, 5.41) is 0. The van der Waals surface area contributed by atoms with E-state index in [1.54, 1.807) is 23.6 Å². The second-order valence-corrected chi connectivity index (χ2v) is 6.96. The number of benzene rings is 2. The smallest absolute Gasteiger partial charge is 0.254 e. The van der Waals surface area contributed by atoms with Crippen molar-refractivity contribution in [3.8, 4) is 16.9 Å². The minimum atomic E-state index is -0.0579. The molecule has 1 atom stereocenters. The van der Waals surface area contributed by atoms with Gasteiger partial charge < -0.3 is 9.47 Å². The average molecular weight is 382 g/mol. The van der Waals surface area contributed by atoms with Crippen molar-refractivity contribution in [3.05, 3.63) is 103 Å². The van der Waals surface area contributed by atoms with E-state index in [1.807, 2.05) is 91.5 Å². The maximum absolute atomic E-state index is 12.9. The van der Waals surface area contributed by atoms with Crippen molar-refractivity contribution in [2.75, 3.05) is 7.05 Å². The molecule has 0 aliphatic heterocycles. The third-order valence-electron chi connectivity index (χ3n) is 5.13. The number of hydrogen-bond acceptors (Lipinski definition) is 3. The molecule has 0 unspecified atom stereocenters. The van der Waals surface area contributed by atoms with Crippen molar-refractivity contribution in [2.45, 2.75) is 13.0 Å². The van der Waals surface area contributed by atoms with Crippen LogP contribution in [0.2, 0.25) is 0 Å². The van der Waals surface area contributed by atoms with Crippen molar-refractivity contribution in [2.24, 2.45) is 0 Å². The summed E-state index contributed by atoms with van der Waals surface area (Å²) in [4.78, 5) is 23.3. The number of pyridine rings is 1. The van der Waals surface area contributed by atoms with Crippen LogP contribution < -0.4 is 0 Å². The molecule has 2 heterocycles. The van der Waals surface area contributed by atoms with Crippen molar-refractivity contribution >= 4 is 5.91 Å². The molecule has 1 amide bonds. The Morgan fingerprint density at radius 2 is 1.76 bits per heavy atom. The second kappa shape index (κ2) is 8.10. The predicted molar refractivity (Wildman–Crippen MR) is 114 cm³/mol. The molecular formula is C24H22N4O. The van der Waals surface area contributed by atoms with E-state index >= 15 is 0 Å². The molecule has 2 aromatic carbocycles. The molecule has 0 saturated heterocycles. The van der Waals surface area contributed by atoms with Gasteiger partial charge in [0.2, 0.25) is 0 Å². The number of rotatable bonds is 5. The zero-order chi connectivity index (χ0) is 20.2. The molecule has 2 aromatic heterocycles. The Bertz CT molecular complexity index is 1090. The fourth-order valence-electron chi connectivity index (χ4n) is 3.22. The van der Waals surface area contributed by atoms with Gasteiger partial charge in [-0.25, -0.2) is 4.98 Å². The van der Waals surface area contributed by atoms with E-state index < -0.39 is 0 Å². The molecule has 144 valence electrons. The molecule has 4 rings (SSSR count). The van der Waals surface area contributed by atoms with Crippen LogP contribution >= 0.6 is 0 Å². The molecule has 5 heteroatoms. The first-order valence-corrected chi connectivity index (χ1v) is 9.50. The Morgan fingerprint density at radius 1 is 1.00 bits per heavy atom. The Labute approximate surface area is 170 Å². The third-order valence-corrected chi connectivity index (χ3v) is 5.13. The molecule has 0 saturated carbocycles. The summed E-state index contributed by atoms with van der Waals surface area (Å²) >= 11 is 0. The third kappa shape index (κ3) is 3.94. The fourth-order valence-corrected chi connectivity index (χ4v) is 3.22. The number of nitrogens with zero attached hydrogens (tertiary/aromatic N) is 4. The summed E-state index contributed by atoms with van der Waals surface area (Å²) in [6.07, 6.45) is 7.31. The first kappa shape index (κ1) is 18.6. The molecule has 0 bridgehead atoms. The summed E-state index contributed by atoms with van der Waals surface area (Å²) in [5.74, 6) is -0.0253. The van der Waals surface area contributed by atoms with Gasteiger partial charge in [-0.3, -0.25) is 9.78 Å². The van der Waals surface area contributed by atoms with Crippen LogP contribution in [0, 0.1) is 0 Å². The van der Waals surface area contributed by atoms with E-state index in [4.69, 9.17) is 0 Å². The molecule has 0 aliphatic carbocycles. The lowest BCUT2D eigenvalue weighted by molar-refractivity contribution is 0.0742. The van der Waals surface area contributed by atoms with Gasteiger partial charge in [0.05, 0.1) is 18.1 Å². The molecule has 0 radical (unpaired) electrons. The van der Waals surface area contributed by atoms with E-state index in [-0.39, 0.29) is 11.9 Å². The van der Waals surface area contributed by atoms with Crippen LogP contribution in [0.3, 0.4) is 0 Å². The lowest BCUT2D eigenvalue weighted by atomic mass is 10.1. The van der Waals surface area contributed by atoms with Crippen LogP contribution in [0.4, 0.5) is 0 Å². The van der Waals surface area contributed by atoms with Crippen LogP contribution in [-0.2, 0) is 0 Å². The zero-order valence-electron chi connectivity index (χ0n) is 16.4. The largest absolute Gasteiger partial charge is 0.335 e. The van der Waals surface area contributed by atoms with Gasteiger partial charge in [-0.15, -0.1) is 0 Å². The minimum absolute atomic E-state index is 0.0253. The van der Waals surface area contributed by atoms with Gasteiger partial charge in [0.15, 0.2) is 0 Å². The Morgan fingerprint density at radius 3 is 2.45 bits per heavy atom. The quantitative estimate of drug-likeness (QED) is 0.500. The van der Waals surface area contributed by atoms with E-state index in [0.717, 1.165) is 22.5 Å². The highest BCUT2D eigenvalue weighted by atomic mass is 16.2. The number of imidazole rings is 1. The Kier molecular flexibility index (Phi) is 5.20. The summed E-state index contributed by atoms with van der Waals surface area (Å²) < 4.78 is 1.98. The van der Waals surface area contributed by atoms with Gasteiger partial charge in [-0.2, -0.15) is 0 Å². The summed E-state index contributed by atoms with van der Waals surface area (Å²) in [5.41, 5.74) is 4.55. The summed E-state index contributed by atoms with van der Waals surface area (Å²) in [6, 6.07) is 21.4. The number of para-hydroxylation sites is 1. The monoisotopic (exact) mass is 382 g/mol. The van der Waals surface area contributed by atoms with Crippen LogP contribution in [0.1, 0.15) is 28.9 Å². The van der Waals surface area contributed by atoms with Crippen LogP contribution in [0.15, 0.2) is 91.6 Å². The molecule has 0 fully saturated rings. The lowest BCUT2D eigenvalue weighted by Gasteiger charge is -2.25. The van der Waals surface area contributed by atoms with Gasteiger partial charge in [0.1, 0.15) is 0 Å². The number of amides is 1. The van der Waals surface area contributed by atoms with Gasteiger partial charge >= 0.3 is 0 Å². The molecular weight excluding hydrogens is 360 g/mol. The van der Waals surface area contributed by atoms with E-state index in [0.29, 0.717) is 5.56 Å². The van der Waals surface area contributed by atoms with Crippen LogP contribution in [0.5, 0.6) is 0 Å². The highest BCUT2D eigenvalue weighted by molar-refractivity contribution is 5.94. The first-order valence-electron chi connectivity index (χ1n) is 9.50. The zero-order valence-corrected chi connectivity index (χ0v) is 16.4. The van der Waals surface area contributed by atoms with Gasteiger partial charge in [-0.05, 0) is 42.8 Å². The molecule has 0 aliphatic rings. The lowest BCUT2D eigenvalue weighted by Crippen LogP contribution is -2.29. The van der Waals surface area contributed by atoms with Crippen molar-refractivity contribution in [1.82, 2.24) is 19.4 Å². The van der Waals surface area contributed by atoms with Crippen molar-refractivity contribution in [1.29, 1.82) is 0 Å². The molecule has 5 nitrogen and oxygen atoms in total. The van der Waals surface area contributed by atoms with Gasteiger partial charge in [-0.1, -0.05) is 36.4 Å². The molecule has 4 aromatic rings. The molecule has 0 spiro atoms.